The van der Waals surface area contributed by atoms with E-state index in [1.165, 1.54) is 6.42 Å². The number of ether oxygens (including phenoxy) is 2. The molecule has 1 saturated heterocycles. The van der Waals surface area contributed by atoms with Gasteiger partial charge < -0.3 is 19.7 Å². The van der Waals surface area contributed by atoms with Gasteiger partial charge >= 0.3 is 0 Å². The largest absolute Gasteiger partial charge is 0.497 e. The number of nitrogens with one attached hydrogen (secondary N) is 1. The maximum absolute atomic E-state index is 10.3. The molecule has 39 heavy (non-hydrogen) atoms. The first-order valence-corrected chi connectivity index (χ1v) is 13.8. The minimum Gasteiger partial charge on any atom is -0.497 e. The summed E-state index contributed by atoms with van der Waals surface area (Å²) in [5.41, 5.74) is 3.37. The molecule has 1 unspecified atom stereocenters. The van der Waals surface area contributed by atoms with Crippen LogP contribution in [0.1, 0.15) is 44.2 Å². The van der Waals surface area contributed by atoms with Crippen molar-refractivity contribution in [1.82, 2.24) is 4.98 Å². The maximum Gasteiger partial charge on any atom is 0.147 e. The highest BCUT2D eigenvalue weighted by molar-refractivity contribution is 6.30. The van der Waals surface area contributed by atoms with E-state index in [0.717, 1.165) is 53.0 Å². The minimum atomic E-state index is 0.0103. The smallest absolute Gasteiger partial charge is 0.147 e. The number of anilines is 2. The van der Waals surface area contributed by atoms with Crippen molar-refractivity contribution in [2.24, 2.45) is 0 Å². The van der Waals surface area contributed by atoms with Crippen molar-refractivity contribution in [3.8, 4) is 17.6 Å². The monoisotopic (exact) mass is 542 g/mol. The van der Waals surface area contributed by atoms with E-state index in [-0.39, 0.29) is 6.10 Å². The van der Waals surface area contributed by atoms with Gasteiger partial charge in [-0.25, -0.2) is 4.98 Å². The third-order valence-corrected chi connectivity index (χ3v) is 6.66. The molecule has 0 aliphatic carbocycles. The fourth-order valence-corrected chi connectivity index (χ4v) is 4.76. The van der Waals surface area contributed by atoms with Crippen LogP contribution in [0, 0.1) is 11.3 Å². The summed E-state index contributed by atoms with van der Waals surface area (Å²) in [4.78, 5) is 7.08. The van der Waals surface area contributed by atoms with E-state index in [0.29, 0.717) is 29.5 Å². The third kappa shape index (κ3) is 7.13. The Bertz CT molecular complexity index is 1400. The molecule has 0 amide bonds. The molecule has 0 spiro atoms. The van der Waals surface area contributed by atoms with Crippen molar-refractivity contribution >= 4 is 34.0 Å². The first-order chi connectivity index (χ1) is 19.1. The van der Waals surface area contributed by atoms with Crippen molar-refractivity contribution < 1.29 is 9.47 Å². The highest BCUT2D eigenvalue weighted by Crippen LogP contribution is 2.36. The number of rotatable bonds is 7. The van der Waals surface area contributed by atoms with E-state index in [2.05, 4.69) is 30.1 Å². The lowest BCUT2D eigenvalue weighted by Gasteiger charge is -2.35. The molecular weight excluding hydrogens is 508 g/mol. The lowest BCUT2D eigenvalue weighted by atomic mass is 10.0. The van der Waals surface area contributed by atoms with Crippen LogP contribution < -0.4 is 19.7 Å². The van der Waals surface area contributed by atoms with Gasteiger partial charge in [0.05, 0.1) is 24.9 Å². The fraction of sp³-hybridized carbons (Fsp3) is 0.312. The number of halogens is 1. The Morgan fingerprint density at radius 2 is 1.72 bits per heavy atom. The van der Waals surface area contributed by atoms with E-state index in [1.54, 1.807) is 7.11 Å². The van der Waals surface area contributed by atoms with Gasteiger partial charge in [-0.15, -0.1) is 0 Å². The number of hydrogen-bond donors (Lipinski definition) is 1. The van der Waals surface area contributed by atoms with Crippen LogP contribution in [0.15, 0.2) is 72.8 Å². The van der Waals surface area contributed by atoms with Crippen LogP contribution in [0.4, 0.5) is 11.5 Å². The summed E-state index contributed by atoms with van der Waals surface area (Å²) in [5, 5.41) is 15.3. The Kier molecular flexibility index (Phi) is 9.88. The Morgan fingerprint density at radius 1 is 1.03 bits per heavy atom. The van der Waals surface area contributed by atoms with Gasteiger partial charge in [0.1, 0.15) is 35.1 Å². The summed E-state index contributed by atoms with van der Waals surface area (Å²) in [7, 11) is 1.65. The summed E-state index contributed by atoms with van der Waals surface area (Å²) in [6, 6.07) is 25.7. The number of pyridine rings is 1. The van der Waals surface area contributed by atoms with E-state index >= 15 is 0 Å². The average molecular weight is 543 g/mol. The summed E-state index contributed by atoms with van der Waals surface area (Å²) < 4.78 is 11.6. The average Bonchev–Trinajstić information content (AvgIpc) is 2.97. The molecule has 4 aromatic rings. The number of fused-ring (bicyclic) bond motifs is 1. The summed E-state index contributed by atoms with van der Waals surface area (Å²) in [6.45, 7) is 6.33. The number of nitriles is 1. The number of methoxy groups -OCH3 is 1. The number of benzene rings is 3. The first-order valence-electron chi connectivity index (χ1n) is 13.4. The van der Waals surface area contributed by atoms with Crippen molar-refractivity contribution in [2.45, 2.75) is 45.8 Å². The molecule has 3 aromatic carbocycles. The van der Waals surface area contributed by atoms with Gasteiger partial charge in [0.25, 0.3) is 0 Å². The Morgan fingerprint density at radius 3 is 2.41 bits per heavy atom. The normalized spacial score (nSPS) is 14.6. The standard InChI is InChI=1S/C29H27ClN4O2.C3H8/c1-35-22-12-14-23(15-13-22)36-24-5-4-16-34(19-24)28-25-6-2-3-7-27(25)33-29(26(28)17-31)32-18-20-8-10-21(30)11-9-20;1-3-2/h2-3,6-15,24H,4-5,16,18-19H2,1H3,(H,32,33);3H2,1-2H3. The Balaban J connectivity index is 0.00000112. The fourth-order valence-electron chi connectivity index (χ4n) is 4.63. The minimum absolute atomic E-state index is 0.0103. The maximum atomic E-state index is 10.3. The molecular formula is C32H35ClN4O2. The molecule has 5 rings (SSSR count). The predicted octanol–water partition coefficient (Wildman–Crippen LogP) is 7.84. The molecule has 7 heteroatoms. The lowest BCUT2D eigenvalue weighted by molar-refractivity contribution is 0.179. The van der Waals surface area contributed by atoms with Gasteiger partial charge in [-0.2, -0.15) is 5.26 Å². The summed E-state index contributed by atoms with van der Waals surface area (Å²) >= 11 is 6.03. The van der Waals surface area contributed by atoms with E-state index < -0.39 is 0 Å². The molecule has 202 valence electrons. The lowest BCUT2D eigenvalue weighted by Crippen LogP contribution is -2.41. The SMILES string of the molecule is CCC.COc1ccc(OC2CCCN(c3c(C#N)c(NCc4ccc(Cl)cc4)nc4ccccc34)C2)cc1. The van der Waals surface area contributed by atoms with Gasteiger partial charge in [-0.1, -0.05) is 62.2 Å². The predicted molar refractivity (Wildman–Crippen MR) is 160 cm³/mol. The number of nitrogens with zero attached hydrogens (tertiary/aromatic N) is 3. The van der Waals surface area contributed by atoms with E-state index in [1.807, 2.05) is 72.8 Å². The van der Waals surface area contributed by atoms with Crippen LogP contribution >= 0.6 is 11.6 Å². The second-order valence-electron chi connectivity index (χ2n) is 9.50. The topological polar surface area (TPSA) is 70.4 Å². The highest BCUT2D eigenvalue weighted by Gasteiger charge is 2.27. The molecule has 0 bridgehead atoms. The van der Waals surface area contributed by atoms with E-state index in [4.69, 9.17) is 26.1 Å². The van der Waals surface area contributed by atoms with Crippen molar-refractivity contribution in [3.63, 3.8) is 0 Å². The van der Waals surface area contributed by atoms with Gasteiger partial charge in [0.2, 0.25) is 0 Å². The molecule has 0 saturated carbocycles. The molecule has 1 aliphatic heterocycles. The Hall–Kier alpha value is -3.95. The zero-order valence-corrected chi connectivity index (χ0v) is 23.5. The molecule has 1 N–H and O–H groups in total. The second-order valence-corrected chi connectivity index (χ2v) is 9.94. The number of para-hydroxylation sites is 1. The van der Waals surface area contributed by atoms with E-state index in [9.17, 15) is 5.26 Å². The van der Waals surface area contributed by atoms with Gasteiger partial charge in [0, 0.05) is 23.5 Å². The van der Waals surface area contributed by atoms with Gasteiger partial charge in [-0.3, -0.25) is 0 Å². The zero-order valence-electron chi connectivity index (χ0n) is 22.8. The first kappa shape index (κ1) is 28.1. The van der Waals surface area contributed by atoms with Crippen LogP contribution in [-0.4, -0.2) is 31.3 Å². The van der Waals surface area contributed by atoms with Crippen molar-refractivity contribution in [2.75, 3.05) is 30.4 Å². The number of aromatic nitrogens is 1. The van der Waals surface area contributed by atoms with Crippen LogP contribution in [0.25, 0.3) is 10.9 Å². The molecule has 1 aliphatic rings. The zero-order chi connectivity index (χ0) is 27.6. The highest BCUT2D eigenvalue weighted by atomic mass is 35.5. The van der Waals surface area contributed by atoms with Crippen LogP contribution in [0.2, 0.25) is 5.02 Å². The second kappa shape index (κ2) is 13.7. The summed E-state index contributed by atoms with van der Waals surface area (Å²) in [5.74, 6) is 2.19. The molecule has 1 atom stereocenters. The van der Waals surface area contributed by atoms with Crippen molar-refractivity contribution in [3.05, 3.63) is 88.9 Å². The molecule has 1 fully saturated rings. The summed E-state index contributed by atoms with van der Waals surface area (Å²) in [6.07, 6.45) is 3.18. The third-order valence-electron chi connectivity index (χ3n) is 6.41. The van der Waals surface area contributed by atoms with Crippen molar-refractivity contribution in [1.29, 1.82) is 5.26 Å². The molecule has 6 nitrogen and oxygen atoms in total. The number of piperidine rings is 1. The van der Waals surface area contributed by atoms with Gasteiger partial charge in [0.15, 0.2) is 0 Å². The molecule has 1 aromatic heterocycles. The molecule has 2 heterocycles. The van der Waals surface area contributed by atoms with Gasteiger partial charge in [-0.05, 0) is 60.9 Å². The van der Waals surface area contributed by atoms with Crippen LogP contribution in [0.3, 0.4) is 0 Å². The van der Waals surface area contributed by atoms with Crippen LogP contribution in [-0.2, 0) is 6.54 Å². The molecule has 0 radical (unpaired) electrons. The number of hydrogen-bond acceptors (Lipinski definition) is 6. The Labute approximate surface area is 236 Å². The van der Waals surface area contributed by atoms with Crippen LogP contribution in [0.5, 0.6) is 11.5 Å². The quantitative estimate of drug-likeness (QED) is 0.256.